The van der Waals surface area contributed by atoms with Crippen molar-refractivity contribution < 1.29 is 4.74 Å². The Labute approximate surface area is 160 Å². The minimum Gasteiger partial charge on any atom is -0.372 e. The summed E-state index contributed by atoms with van der Waals surface area (Å²) in [7, 11) is 2.11. The molecule has 4 rings (SSSR count). The molecule has 0 unspecified atom stereocenters. The summed E-state index contributed by atoms with van der Waals surface area (Å²) in [4.78, 5) is 6.92. The summed E-state index contributed by atoms with van der Waals surface area (Å²) in [6.07, 6.45) is 1.10. The van der Waals surface area contributed by atoms with Gasteiger partial charge in [0, 0.05) is 12.1 Å². The fourth-order valence-electron chi connectivity index (χ4n) is 3.77. The van der Waals surface area contributed by atoms with Crippen LogP contribution in [0.25, 0.3) is 11.4 Å². The van der Waals surface area contributed by atoms with Crippen LogP contribution in [0, 0.1) is 13.8 Å². The largest absolute Gasteiger partial charge is 0.372 e. The van der Waals surface area contributed by atoms with Gasteiger partial charge >= 0.3 is 0 Å². The topological polar surface area (TPSA) is 43.2 Å². The molecule has 0 spiro atoms. The van der Waals surface area contributed by atoms with Gasteiger partial charge in [-0.25, -0.2) is 9.67 Å². The van der Waals surface area contributed by atoms with E-state index in [9.17, 15) is 0 Å². The maximum Gasteiger partial charge on any atom is 0.159 e. The van der Waals surface area contributed by atoms with E-state index in [1.807, 2.05) is 17.7 Å². The average Bonchev–Trinajstić information content (AvgIpc) is 3.02. The molecule has 27 heavy (non-hydrogen) atoms. The fourth-order valence-corrected chi connectivity index (χ4v) is 3.77. The molecular weight excluding hydrogens is 336 g/mol. The number of fused-ring (bicyclic) bond motifs is 1. The van der Waals surface area contributed by atoms with Gasteiger partial charge in [0.25, 0.3) is 0 Å². The molecule has 0 saturated carbocycles. The summed E-state index contributed by atoms with van der Waals surface area (Å²) in [5.74, 6) is 1.71. The molecule has 0 radical (unpaired) electrons. The van der Waals surface area contributed by atoms with Crippen molar-refractivity contribution >= 4 is 0 Å². The van der Waals surface area contributed by atoms with Crippen LogP contribution in [0.4, 0.5) is 0 Å². The lowest BCUT2D eigenvalue weighted by molar-refractivity contribution is 0.0148. The highest BCUT2D eigenvalue weighted by atomic mass is 16.5. The van der Waals surface area contributed by atoms with Crippen molar-refractivity contribution in [3.05, 3.63) is 71.0 Å². The molecule has 2 heterocycles. The minimum atomic E-state index is 0.103. The molecule has 2 aromatic carbocycles. The Morgan fingerprint density at radius 2 is 1.89 bits per heavy atom. The molecule has 1 aliphatic heterocycles. The number of rotatable bonds is 5. The Morgan fingerprint density at radius 3 is 2.74 bits per heavy atom. The smallest absolute Gasteiger partial charge is 0.159 e. The maximum absolute atomic E-state index is 6.07. The SMILES string of the molecule is Cc1nc(-c2ccccc2C)n(CN(C)C[C@H]2OCCc3ccccc32)n1. The van der Waals surface area contributed by atoms with E-state index >= 15 is 0 Å². The van der Waals surface area contributed by atoms with Gasteiger partial charge in [0.15, 0.2) is 5.82 Å². The summed E-state index contributed by atoms with van der Waals surface area (Å²) in [6.45, 7) is 6.33. The summed E-state index contributed by atoms with van der Waals surface area (Å²) in [6, 6.07) is 16.9. The van der Waals surface area contributed by atoms with Crippen LogP contribution in [0.1, 0.15) is 28.6 Å². The van der Waals surface area contributed by atoms with E-state index in [2.05, 4.69) is 71.4 Å². The van der Waals surface area contributed by atoms with Crippen LogP contribution < -0.4 is 0 Å². The molecule has 140 valence electrons. The first-order valence-electron chi connectivity index (χ1n) is 9.47. The molecular formula is C22H26N4O. The van der Waals surface area contributed by atoms with Crippen molar-refractivity contribution in [2.24, 2.45) is 0 Å². The molecule has 3 aromatic rings. The van der Waals surface area contributed by atoms with Gasteiger partial charge in [-0.15, -0.1) is 0 Å². The average molecular weight is 362 g/mol. The molecule has 0 aliphatic carbocycles. The molecule has 0 bridgehead atoms. The lowest BCUT2D eigenvalue weighted by Crippen LogP contribution is -2.31. The van der Waals surface area contributed by atoms with E-state index in [0.717, 1.165) is 36.8 Å². The highest BCUT2D eigenvalue weighted by Crippen LogP contribution is 2.28. The molecule has 1 aliphatic rings. The van der Waals surface area contributed by atoms with E-state index in [-0.39, 0.29) is 6.10 Å². The van der Waals surface area contributed by atoms with Crippen molar-refractivity contribution in [2.75, 3.05) is 20.2 Å². The van der Waals surface area contributed by atoms with E-state index in [4.69, 9.17) is 4.74 Å². The number of benzene rings is 2. The molecule has 0 fully saturated rings. The number of aromatic nitrogens is 3. The molecule has 0 saturated heterocycles. The van der Waals surface area contributed by atoms with Crippen LogP contribution in [0.3, 0.4) is 0 Å². The lowest BCUT2D eigenvalue weighted by Gasteiger charge is -2.29. The first-order chi connectivity index (χ1) is 13.1. The van der Waals surface area contributed by atoms with Crippen LogP contribution in [-0.2, 0) is 17.8 Å². The fraction of sp³-hybridized carbons (Fsp3) is 0.364. The zero-order valence-electron chi connectivity index (χ0n) is 16.2. The predicted molar refractivity (Wildman–Crippen MR) is 106 cm³/mol. The number of aryl methyl sites for hydroxylation is 2. The van der Waals surface area contributed by atoms with E-state index in [0.29, 0.717) is 6.67 Å². The number of hydrogen-bond donors (Lipinski definition) is 0. The zero-order valence-corrected chi connectivity index (χ0v) is 16.2. The van der Waals surface area contributed by atoms with Crippen LogP contribution in [0.15, 0.2) is 48.5 Å². The van der Waals surface area contributed by atoms with Crippen molar-refractivity contribution in [1.29, 1.82) is 0 Å². The molecule has 5 heteroatoms. The molecule has 1 atom stereocenters. The van der Waals surface area contributed by atoms with Gasteiger partial charge in [-0.2, -0.15) is 5.10 Å². The van der Waals surface area contributed by atoms with E-state index < -0.39 is 0 Å². The highest BCUT2D eigenvalue weighted by Gasteiger charge is 2.22. The predicted octanol–water partition coefficient (Wildman–Crippen LogP) is 3.77. The van der Waals surface area contributed by atoms with Crippen molar-refractivity contribution in [2.45, 2.75) is 33.0 Å². The molecule has 1 aromatic heterocycles. The third kappa shape index (κ3) is 3.80. The number of hydrogen-bond acceptors (Lipinski definition) is 4. The third-order valence-electron chi connectivity index (χ3n) is 5.11. The Balaban J connectivity index is 1.53. The quantitative estimate of drug-likeness (QED) is 0.693. The second-order valence-corrected chi connectivity index (χ2v) is 7.29. The Hall–Kier alpha value is -2.50. The van der Waals surface area contributed by atoms with Gasteiger partial charge in [0.2, 0.25) is 0 Å². The molecule has 0 N–H and O–H groups in total. The second-order valence-electron chi connectivity index (χ2n) is 7.29. The highest BCUT2D eigenvalue weighted by molar-refractivity contribution is 5.59. The van der Waals surface area contributed by atoms with Crippen molar-refractivity contribution in [3.63, 3.8) is 0 Å². The van der Waals surface area contributed by atoms with Crippen molar-refractivity contribution in [3.8, 4) is 11.4 Å². The monoisotopic (exact) mass is 362 g/mol. The Kier molecular flexibility index (Phi) is 5.05. The van der Waals surface area contributed by atoms with Crippen molar-refractivity contribution in [1.82, 2.24) is 19.7 Å². The number of nitrogens with zero attached hydrogens (tertiary/aromatic N) is 4. The zero-order chi connectivity index (χ0) is 18.8. The summed E-state index contributed by atoms with van der Waals surface area (Å²) in [5.41, 5.74) is 5.05. The molecule has 0 amide bonds. The van der Waals surface area contributed by atoms with Gasteiger partial charge < -0.3 is 4.74 Å². The summed E-state index contributed by atoms with van der Waals surface area (Å²) in [5, 5.41) is 4.63. The summed E-state index contributed by atoms with van der Waals surface area (Å²) < 4.78 is 8.06. The van der Waals surface area contributed by atoms with Gasteiger partial charge in [-0.3, -0.25) is 4.90 Å². The lowest BCUT2D eigenvalue weighted by atomic mass is 9.97. The second kappa shape index (κ2) is 7.62. The summed E-state index contributed by atoms with van der Waals surface area (Å²) >= 11 is 0. The third-order valence-corrected chi connectivity index (χ3v) is 5.11. The first kappa shape index (κ1) is 17.9. The van der Waals surface area contributed by atoms with Gasteiger partial charge in [-0.1, -0.05) is 48.5 Å². The van der Waals surface area contributed by atoms with Crippen LogP contribution in [0.5, 0.6) is 0 Å². The maximum atomic E-state index is 6.07. The number of ether oxygens (including phenoxy) is 1. The van der Waals surface area contributed by atoms with Crippen LogP contribution in [-0.4, -0.2) is 39.9 Å². The van der Waals surface area contributed by atoms with Crippen LogP contribution >= 0.6 is 0 Å². The standard InChI is InChI=1S/C22H26N4O/c1-16-8-4-6-10-19(16)22-23-17(2)24-26(22)15-25(3)14-21-20-11-7-5-9-18(20)12-13-27-21/h4-11,21H,12-15H2,1-3H3/t21-/m1/s1. The normalized spacial score (nSPS) is 16.5. The Morgan fingerprint density at radius 1 is 1.11 bits per heavy atom. The van der Waals surface area contributed by atoms with Gasteiger partial charge in [-0.05, 0) is 44.0 Å². The minimum absolute atomic E-state index is 0.103. The molecule has 5 nitrogen and oxygen atoms in total. The van der Waals surface area contributed by atoms with E-state index in [1.54, 1.807) is 0 Å². The van der Waals surface area contributed by atoms with Gasteiger partial charge in [0.05, 0.1) is 19.4 Å². The number of likely N-dealkylation sites (N-methyl/N-ethyl adjacent to an activating group) is 1. The Bertz CT molecular complexity index is 934. The van der Waals surface area contributed by atoms with E-state index in [1.165, 1.54) is 16.7 Å². The van der Waals surface area contributed by atoms with Crippen LogP contribution in [0.2, 0.25) is 0 Å². The van der Waals surface area contributed by atoms with Gasteiger partial charge in [0.1, 0.15) is 5.82 Å². The first-order valence-corrected chi connectivity index (χ1v) is 9.47.